The lowest BCUT2D eigenvalue weighted by Crippen LogP contribution is -2.49. The normalized spacial score (nSPS) is 21.2. The molecule has 0 radical (unpaired) electrons. The van der Waals surface area contributed by atoms with Gasteiger partial charge in [-0.05, 0) is 26.0 Å². The second-order valence-corrected chi connectivity index (χ2v) is 6.22. The summed E-state index contributed by atoms with van der Waals surface area (Å²) in [5.74, 6) is 0.144. The van der Waals surface area contributed by atoms with Gasteiger partial charge in [0.25, 0.3) is 0 Å². The summed E-state index contributed by atoms with van der Waals surface area (Å²) in [6.07, 6.45) is 8.04. The second-order valence-electron chi connectivity index (χ2n) is 5.04. The van der Waals surface area contributed by atoms with Crippen LogP contribution in [0.25, 0.3) is 0 Å². The summed E-state index contributed by atoms with van der Waals surface area (Å²) in [5.41, 5.74) is 1.14. The highest BCUT2D eigenvalue weighted by atomic mass is 32.2. The summed E-state index contributed by atoms with van der Waals surface area (Å²) in [6.45, 7) is 3.86. The van der Waals surface area contributed by atoms with Gasteiger partial charge in [-0.15, -0.1) is 0 Å². The van der Waals surface area contributed by atoms with Crippen LogP contribution in [0.5, 0.6) is 0 Å². The average molecular weight is 282 g/mol. The number of nitrogens with zero attached hydrogens (tertiary/aromatic N) is 3. The molecule has 0 unspecified atom stereocenters. The van der Waals surface area contributed by atoms with Gasteiger partial charge in [-0.3, -0.25) is 9.48 Å². The molecule has 6 heteroatoms. The zero-order chi connectivity index (χ0) is 13.8. The van der Waals surface area contributed by atoms with Crippen LogP contribution in [0, 0.1) is 0 Å². The quantitative estimate of drug-likeness (QED) is 0.903. The van der Waals surface area contributed by atoms with Crippen molar-refractivity contribution in [2.24, 2.45) is 7.05 Å². The first-order chi connectivity index (χ1) is 9.10. The molecular formula is C13H22N4OS. The number of thioether (sulfide) groups is 1. The Hall–Kier alpha value is -1.17. The molecule has 0 spiro atoms. The summed E-state index contributed by atoms with van der Waals surface area (Å²) >= 11 is 1.58. The second kappa shape index (κ2) is 6.32. The van der Waals surface area contributed by atoms with Crippen LogP contribution in [0.1, 0.15) is 19.8 Å². The molecule has 1 amide bonds. The lowest BCUT2D eigenvalue weighted by molar-refractivity contribution is -0.121. The molecule has 0 aliphatic carbocycles. The van der Waals surface area contributed by atoms with E-state index < -0.39 is 0 Å². The van der Waals surface area contributed by atoms with Gasteiger partial charge in [0, 0.05) is 32.4 Å². The third kappa shape index (κ3) is 3.65. The van der Waals surface area contributed by atoms with Crippen LogP contribution in [0.4, 0.5) is 5.69 Å². The smallest absolute Gasteiger partial charge is 0.233 e. The Labute approximate surface area is 118 Å². The standard InChI is InChI=1S/C13H22N4OS/c1-10(19-3)13(18)15-11-5-4-6-17(8-11)12-7-14-16(2)9-12/h7,9-11H,4-6,8H2,1-3H3,(H,15,18)/t10-,11-/m1/s1. The van der Waals surface area contributed by atoms with Crippen molar-refractivity contribution in [3.8, 4) is 0 Å². The largest absolute Gasteiger partial charge is 0.367 e. The summed E-state index contributed by atoms with van der Waals surface area (Å²) in [6, 6.07) is 0.246. The fourth-order valence-corrected chi connectivity index (χ4v) is 2.61. The van der Waals surface area contributed by atoms with E-state index in [1.54, 1.807) is 11.8 Å². The van der Waals surface area contributed by atoms with E-state index >= 15 is 0 Å². The zero-order valence-electron chi connectivity index (χ0n) is 11.8. The van der Waals surface area contributed by atoms with Crippen LogP contribution in [0.15, 0.2) is 12.4 Å². The molecule has 5 nitrogen and oxygen atoms in total. The zero-order valence-corrected chi connectivity index (χ0v) is 12.6. The van der Waals surface area contributed by atoms with Crippen LogP contribution >= 0.6 is 11.8 Å². The number of anilines is 1. The van der Waals surface area contributed by atoms with Crippen molar-refractivity contribution in [3.63, 3.8) is 0 Å². The summed E-state index contributed by atoms with van der Waals surface area (Å²) in [5, 5.41) is 7.37. The van der Waals surface area contributed by atoms with E-state index in [4.69, 9.17) is 0 Å². The SMILES string of the molecule is CS[C@H](C)C(=O)N[C@@H]1CCCN(c2cnn(C)c2)C1. The Morgan fingerprint density at radius 1 is 1.63 bits per heavy atom. The van der Waals surface area contributed by atoms with Gasteiger partial charge < -0.3 is 10.2 Å². The molecule has 1 N–H and O–H groups in total. The molecule has 1 fully saturated rings. The van der Waals surface area contributed by atoms with Gasteiger partial charge >= 0.3 is 0 Å². The summed E-state index contributed by atoms with van der Waals surface area (Å²) in [7, 11) is 1.92. The number of aromatic nitrogens is 2. The average Bonchev–Trinajstić information content (AvgIpc) is 2.84. The Balaban J connectivity index is 1.92. The highest BCUT2D eigenvalue weighted by Crippen LogP contribution is 2.19. The number of hydrogen-bond acceptors (Lipinski definition) is 4. The van der Waals surface area contributed by atoms with Crippen molar-refractivity contribution >= 4 is 23.4 Å². The van der Waals surface area contributed by atoms with Crippen molar-refractivity contribution in [2.75, 3.05) is 24.2 Å². The van der Waals surface area contributed by atoms with Crippen molar-refractivity contribution in [2.45, 2.75) is 31.1 Å². The molecule has 2 rings (SSSR count). The summed E-state index contributed by atoms with van der Waals surface area (Å²) < 4.78 is 1.81. The highest BCUT2D eigenvalue weighted by Gasteiger charge is 2.23. The first kappa shape index (κ1) is 14.2. The van der Waals surface area contributed by atoms with Crippen LogP contribution in [0.3, 0.4) is 0 Å². The maximum Gasteiger partial charge on any atom is 0.233 e. The third-order valence-electron chi connectivity index (χ3n) is 3.55. The van der Waals surface area contributed by atoms with E-state index in [9.17, 15) is 4.79 Å². The van der Waals surface area contributed by atoms with Gasteiger partial charge in [-0.1, -0.05) is 0 Å². The van der Waals surface area contributed by atoms with E-state index in [1.807, 2.05) is 37.3 Å². The Kier molecular flexibility index (Phi) is 4.74. The molecule has 1 aromatic rings. The van der Waals surface area contributed by atoms with Crippen molar-refractivity contribution in [1.82, 2.24) is 15.1 Å². The molecule has 0 saturated carbocycles. The van der Waals surface area contributed by atoms with Crippen molar-refractivity contribution in [3.05, 3.63) is 12.4 Å². The topological polar surface area (TPSA) is 50.2 Å². The van der Waals surface area contributed by atoms with Gasteiger partial charge in [0.1, 0.15) is 0 Å². The minimum absolute atomic E-state index is 0.0220. The molecule has 1 aromatic heterocycles. The van der Waals surface area contributed by atoms with E-state index in [-0.39, 0.29) is 17.2 Å². The lowest BCUT2D eigenvalue weighted by Gasteiger charge is -2.34. The lowest BCUT2D eigenvalue weighted by atomic mass is 10.1. The molecule has 0 bridgehead atoms. The van der Waals surface area contributed by atoms with E-state index in [0.717, 1.165) is 31.6 Å². The van der Waals surface area contributed by atoms with Crippen LogP contribution in [0.2, 0.25) is 0 Å². The monoisotopic (exact) mass is 282 g/mol. The van der Waals surface area contributed by atoms with E-state index in [0.29, 0.717) is 0 Å². The predicted molar refractivity (Wildman–Crippen MR) is 79.6 cm³/mol. The molecular weight excluding hydrogens is 260 g/mol. The summed E-state index contributed by atoms with van der Waals surface area (Å²) in [4.78, 5) is 14.2. The molecule has 1 aliphatic heterocycles. The van der Waals surface area contributed by atoms with Gasteiger partial charge in [-0.2, -0.15) is 16.9 Å². The Morgan fingerprint density at radius 3 is 3.05 bits per heavy atom. The molecule has 0 aromatic carbocycles. The number of amides is 1. The molecule has 2 atom stereocenters. The Morgan fingerprint density at radius 2 is 2.42 bits per heavy atom. The molecule has 106 valence electrons. The number of nitrogens with one attached hydrogen (secondary N) is 1. The maximum absolute atomic E-state index is 11.9. The fourth-order valence-electron chi connectivity index (χ4n) is 2.33. The van der Waals surface area contributed by atoms with Crippen molar-refractivity contribution < 1.29 is 4.79 Å². The van der Waals surface area contributed by atoms with Crippen LogP contribution < -0.4 is 10.2 Å². The van der Waals surface area contributed by atoms with Crippen molar-refractivity contribution in [1.29, 1.82) is 0 Å². The molecule has 1 aliphatic rings. The first-order valence-electron chi connectivity index (χ1n) is 6.67. The first-order valence-corrected chi connectivity index (χ1v) is 7.95. The number of carbonyl (C=O) groups is 1. The van der Waals surface area contributed by atoms with Gasteiger partial charge in [0.2, 0.25) is 5.91 Å². The molecule has 19 heavy (non-hydrogen) atoms. The van der Waals surface area contributed by atoms with Crippen LogP contribution in [-0.2, 0) is 11.8 Å². The third-order valence-corrected chi connectivity index (χ3v) is 4.47. The molecule has 1 saturated heterocycles. The fraction of sp³-hybridized carbons (Fsp3) is 0.692. The van der Waals surface area contributed by atoms with Crippen LogP contribution in [-0.4, -0.2) is 46.3 Å². The number of rotatable bonds is 4. The van der Waals surface area contributed by atoms with Gasteiger partial charge in [-0.25, -0.2) is 0 Å². The highest BCUT2D eigenvalue weighted by molar-refractivity contribution is 7.99. The number of piperidine rings is 1. The Bertz CT molecular complexity index is 434. The number of carbonyl (C=O) groups excluding carboxylic acids is 1. The number of hydrogen-bond donors (Lipinski definition) is 1. The van der Waals surface area contributed by atoms with E-state index in [1.165, 1.54) is 0 Å². The maximum atomic E-state index is 11.9. The van der Waals surface area contributed by atoms with Gasteiger partial charge in [0.15, 0.2) is 0 Å². The van der Waals surface area contributed by atoms with Gasteiger partial charge in [0.05, 0.1) is 17.1 Å². The molecule has 2 heterocycles. The number of aryl methyl sites for hydroxylation is 1. The minimum atomic E-state index is 0.0220. The predicted octanol–water partition coefficient (Wildman–Crippen LogP) is 1.26. The minimum Gasteiger partial charge on any atom is -0.367 e. The van der Waals surface area contributed by atoms with E-state index in [2.05, 4.69) is 15.3 Å².